The zero-order valence-corrected chi connectivity index (χ0v) is 8.29. The van der Waals surface area contributed by atoms with Crippen molar-refractivity contribution in [3.63, 3.8) is 0 Å². The van der Waals surface area contributed by atoms with Crippen LogP contribution in [0.2, 0.25) is 0 Å². The summed E-state index contributed by atoms with van der Waals surface area (Å²) < 4.78 is 10.2. The number of carbonyl (C=O) groups is 1. The van der Waals surface area contributed by atoms with Crippen LogP contribution in [0.5, 0.6) is 5.75 Å². The SMILES string of the molecule is CC(OC=O)N1C=COc2ccccc21. The number of hydrogen-bond acceptors (Lipinski definition) is 4. The first kappa shape index (κ1) is 9.58. The Labute approximate surface area is 87.7 Å². The minimum atomic E-state index is -0.344. The van der Waals surface area contributed by atoms with Gasteiger partial charge in [-0.25, -0.2) is 0 Å². The minimum absolute atomic E-state index is 0.344. The number of rotatable bonds is 3. The molecule has 1 aliphatic rings. The Balaban J connectivity index is 2.29. The molecule has 0 saturated heterocycles. The van der Waals surface area contributed by atoms with E-state index in [1.54, 1.807) is 19.4 Å². The summed E-state index contributed by atoms with van der Waals surface area (Å²) in [5, 5.41) is 0. The molecule has 1 atom stereocenters. The Morgan fingerprint density at radius 3 is 3.07 bits per heavy atom. The van der Waals surface area contributed by atoms with Crippen molar-refractivity contribution in [1.82, 2.24) is 0 Å². The van der Waals surface area contributed by atoms with Gasteiger partial charge in [-0.2, -0.15) is 0 Å². The van der Waals surface area contributed by atoms with Crippen LogP contribution in [0.15, 0.2) is 36.7 Å². The van der Waals surface area contributed by atoms with Crippen LogP contribution in [-0.2, 0) is 9.53 Å². The number of nitrogens with zero attached hydrogens (tertiary/aromatic N) is 1. The topological polar surface area (TPSA) is 38.8 Å². The Morgan fingerprint density at radius 1 is 1.47 bits per heavy atom. The smallest absolute Gasteiger partial charge is 0.295 e. The highest BCUT2D eigenvalue weighted by Crippen LogP contribution is 2.32. The van der Waals surface area contributed by atoms with Crippen LogP contribution in [0.3, 0.4) is 0 Å². The van der Waals surface area contributed by atoms with E-state index in [-0.39, 0.29) is 6.23 Å². The van der Waals surface area contributed by atoms with Gasteiger partial charge < -0.3 is 14.4 Å². The quantitative estimate of drug-likeness (QED) is 0.706. The van der Waals surface area contributed by atoms with Gasteiger partial charge in [-0.15, -0.1) is 0 Å². The molecule has 0 N–H and O–H groups in total. The Morgan fingerprint density at radius 2 is 2.27 bits per heavy atom. The Hall–Kier alpha value is -1.97. The molecule has 0 aliphatic carbocycles. The third-order valence-corrected chi connectivity index (χ3v) is 2.20. The fourth-order valence-electron chi connectivity index (χ4n) is 1.48. The zero-order chi connectivity index (χ0) is 10.7. The lowest BCUT2D eigenvalue weighted by Gasteiger charge is -2.29. The summed E-state index contributed by atoms with van der Waals surface area (Å²) in [5.74, 6) is 0.751. The Bertz CT molecular complexity index is 389. The summed E-state index contributed by atoms with van der Waals surface area (Å²) >= 11 is 0. The molecular weight excluding hydrogens is 194 g/mol. The molecule has 1 aliphatic heterocycles. The maximum absolute atomic E-state index is 10.3. The first-order valence-electron chi connectivity index (χ1n) is 4.62. The number of anilines is 1. The fraction of sp³-hybridized carbons (Fsp3) is 0.182. The van der Waals surface area contributed by atoms with Gasteiger partial charge in [-0.3, -0.25) is 4.79 Å². The van der Waals surface area contributed by atoms with E-state index in [2.05, 4.69) is 0 Å². The number of para-hydroxylation sites is 2. The van der Waals surface area contributed by atoms with Gasteiger partial charge in [0.2, 0.25) is 0 Å². The van der Waals surface area contributed by atoms with E-state index < -0.39 is 0 Å². The van der Waals surface area contributed by atoms with Gasteiger partial charge in [0, 0.05) is 6.20 Å². The lowest BCUT2D eigenvalue weighted by atomic mass is 10.2. The molecule has 2 rings (SSSR count). The van der Waals surface area contributed by atoms with Crippen molar-refractivity contribution < 1.29 is 14.3 Å². The molecule has 0 aromatic heterocycles. The van der Waals surface area contributed by atoms with E-state index in [1.165, 1.54) is 0 Å². The second-order valence-electron chi connectivity index (χ2n) is 3.11. The number of benzene rings is 1. The first-order valence-corrected chi connectivity index (χ1v) is 4.62. The molecule has 0 bridgehead atoms. The van der Waals surface area contributed by atoms with Crippen LogP contribution in [0.1, 0.15) is 6.92 Å². The summed E-state index contributed by atoms with van der Waals surface area (Å²) in [7, 11) is 0. The summed E-state index contributed by atoms with van der Waals surface area (Å²) in [5.41, 5.74) is 0.884. The molecule has 0 spiro atoms. The van der Waals surface area contributed by atoms with E-state index in [9.17, 15) is 4.79 Å². The van der Waals surface area contributed by atoms with Gasteiger partial charge in [-0.1, -0.05) is 12.1 Å². The largest absolute Gasteiger partial charge is 0.461 e. The highest BCUT2D eigenvalue weighted by Gasteiger charge is 2.19. The molecule has 4 nitrogen and oxygen atoms in total. The molecule has 1 aromatic rings. The third kappa shape index (κ3) is 1.79. The van der Waals surface area contributed by atoms with E-state index in [0.29, 0.717) is 6.47 Å². The van der Waals surface area contributed by atoms with Crippen molar-refractivity contribution in [2.75, 3.05) is 4.90 Å². The van der Waals surface area contributed by atoms with E-state index >= 15 is 0 Å². The highest BCUT2D eigenvalue weighted by molar-refractivity contribution is 5.62. The summed E-state index contributed by atoms with van der Waals surface area (Å²) in [4.78, 5) is 12.1. The van der Waals surface area contributed by atoms with Gasteiger partial charge in [0.15, 0.2) is 6.23 Å². The minimum Gasteiger partial charge on any atom is -0.461 e. The average molecular weight is 205 g/mol. The monoisotopic (exact) mass is 205 g/mol. The molecular formula is C11H11NO3. The summed E-state index contributed by atoms with van der Waals surface area (Å²) in [6.07, 6.45) is 2.95. The third-order valence-electron chi connectivity index (χ3n) is 2.20. The van der Waals surface area contributed by atoms with Crippen LogP contribution in [-0.4, -0.2) is 12.7 Å². The fourth-order valence-corrected chi connectivity index (χ4v) is 1.48. The second kappa shape index (κ2) is 4.04. The highest BCUT2D eigenvalue weighted by atomic mass is 16.5. The lowest BCUT2D eigenvalue weighted by Crippen LogP contribution is -2.31. The van der Waals surface area contributed by atoms with Crippen molar-refractivity contribution in [1.29, 1.82) is 0 Å². The van der Waals surface area contributed by atoms with Gasteiger partial charge in [0.05, 0.1) is 5.69 Å². The molecule has 1 unspecified atom stereocenters. The maximum Gasteiger partial charge on any atom is 0.295 e. The maximum atomic E-state index is 10.3. The van der Waals surface area contributed by atoms with Crippen molar-refractivity contribution >= 4 is 12.2 Å². The van der Waals surface area contributed by atoms with Gasteiger partial charge in [-0.05, 0) is 19.1 Å². The Kier molecular flexibility index (Phi) is 2.58. The molecule has 1 aromatic carbocycles. The van der Waals surface area contributed by atoms with Gasteiger partial charge >= 0.3 is 0 Å². The van der Waals surface area contributed by atoms with Crippen molar-refractivity contribution in [3.8, 4) is 5.75 Å². The molecule has 4 heteroatoms. The molecule has 0 radical (unpaired) electrons. The molecule has 1 heterocycles. The van der Waals surface area contributed by atoms with Crippen molar-refractivity contribution in [3.05, 3.63) is 36.7 Å². The predicted octanol–water partition coefficient (Wildman–Crippen LogP) is 1.88. The van der Waals surface area contributed by atoms with Crippen LogP contribution in [0, 0.1) is 0 Å². The zero-order valence-electron chi connectivity index (χ0n) is 8.29. The molecule has 0 amide bonds. The normalized spacial score (nSPS) is 15.1. The van der Waals surface area contributed by atoms with Gasteiger partial charge in [0.1, 0.15) is 12.0 Å². The first-order chi connectivity index (χ1) is 7.33. The van der Waals surface area contributed by atoms with Crippen LogP contribution < -0.4 is 9.64 Å². The number of ether oxygens (including phenoxy) is 2. The second-order valence-corrected chi connectivity index (χ2v) is 3.11. The number of fused-ring (bicyclic) bond motifs is 1. The van der Waals surface area contributed by atoms with Crippen LogP contribution in [0.4, 0.5) is 5.69 Å². The molecule has 78 valence electrons. The number of carbonyl (C=O) groups excluding carboxylic acids is 1. The number of hydrogen-bond donors (Lipinski definition) is 0. The summed E-state index contributed by atoms with van der Waals surface area (Å²) in [6.45, 7) is 2.23. The standard InChI is InChI=1S/C11H11NO3/c1-9(15-8-13)12-6-7-14-11-5-3-2-4-10(11)12/h2-9H,1H3. The van der Waals surface area contributed by atoms with Crippen molar-refractivity contribution in [2.24, 2.45) is 0 Å². The molecule has 15 heavy (non-hydrogen) atoms. The molecule has 0 saturated carbocycles. The van der Waals surface area contributed by atoms with E-state index in [1.807, 2.05) is 29.2 Å². The van der Waals surface area contributed by atoms with E-state index in [4.69, 9.17) is 9.47 Å². The van der Waals surface area contributed by atoms with E-state index in [0.717, 1.165) is 11.4 Å². The van der Waals surface area contributed by atoms with Crippen LogP contribution in [0.25, 0.3) is 0 Å². The van der Waals surface area contributed by atoms with Crippen molar-refractivity contribution in [2.45, 2.75) is 13.2 Å². The predicted molar refractivity (Wildman–Crippen MR) is 55.3 cm³/mol. The van der Waals surface area contributed by atoms with Crippen LogP contribution >= 0.6 is 0 Å². The average Bonchev–Trinajstić information content (AvgIpc) is 2.28. The summed E-state index contributed by atoms with van der Waals surface area (Å²) in [6, 6.07) is 7.56. The molecule has 0 fully saturated rings. The van der Waals surface area contributed by atoms with Gasteiger partial charge in [0.25, 0.3) is 6.47 Å². The lowest BCUT2D eigenvalue weighted by molar-refractivity contribution is -0.132.